The molecule has 0 saturated carbocycles. The molecular weight excluding hydrogens is 460 g/mol. The standard InChI is InChI=1S/C28H44N2O6/c1-6-9-11-16-29(15-8-3)26(33)24-28-14-13-21(36-28)22(27(34)35-17-12-10-7-2)23(28)25(32)30(24)20(18-31)19(4)5/h7-8,19-24,31H,2-3,6,9-18H2,1,4-5H3/t20-,21+,22-,23-,24?,28?/m0/s1. The molecular formula is C28H44N2O6. The zero-order valence-corrected chi connectivity index (χ0v) is 22.2. The van der Waals surface area contributed by atoms with Crippen LogP contribution >= 0.6 is 0 Å². The van der Waals surface area contributed by atoms with Gasteiger partial charge in [-0.05, 0) is 38.0 Å². The zero-order valence-electron chi connectivity index (χ0n) is 22.2. The minimum Gasteiger partial charge on any atom is -0.465 e. The number of amides is 2. The molecule has 2 amide bonds. The number of ether oxygens (including phenoxy) is 2. The molecule has 1 N–H and O–H groups in total. The molecule has 0 aromatic carbocycles. The Kier molecular flexibility index (Phi) is 9.75. The Morgan fingerprint density at radius 3 is 2.64 bits per heavy atom. The SMILES string of the molecule is C=CCCCOC(=O)[C@@H]1[C@H]2C(=O)N([C@@H](CO)C(C)C)C(C(=O)N(CC=C)CCCCC)C23CC[C@H]1O3. The molecule has 3 aliphatic rings. The predicted molar refractivity (Wildman–Crippen MR) is 137 cm³/mol. The van der Waals surface area contributed by atoms with Gasteiger partial charge in [0.1, 0.15) is 11.6 Å². The van der Waals surface area contributed by atoms with E-state index in [0.29, 0.717) is 32.4 Å². The van der Waals surface area contributed by atoms with Crippen LogP contribution in [0.2, 0.25) is 0 Å². The quantitative estimate of drug-likeness (QED) is 0.209. The van der Waals surface area contributed by atoms with Crippen molar-refractivity contribution in [3.8, 4) is 0 Å². The molecule has 1 spiro atoms. The summed E-state index contributed by atoms with van der Waals surface area (Å²) in [4.78, 5) is 44.7. The summed E-state index contributed by atoms with van der Waals surface area (Å²) in [6, 6.07) is -1.45. The summed E-state index contributed by atoms with van der Waals surface area (Å²) in [6.07, 6.45) is 8.41. The number of carbonyl (C=O) groups excluding carboxylic acids is 3. The van der Waals surface area contributed by atoms with Gasteiger partial charge < -0.3 is 24.4 Å². The predicted octanol–water partition coefficient (Wildman–Crippen LogP) is 3.09. The summed E-state index contributed by atoms with van der Waals surface area (Å²) in [5, 5.41) is 10.3. The topological polar surface area (TPSA) is 96.4 Å². The molecule has 0 radical (unpaired) electrons. The Morgan fingerprint density at radius 2 is 2.03 bits per heavy atom. The number of esters is 1. The molecule has 3 fully saturated rings. The van der Waals surface area contributed by atoms with E-state index in [2.05, 4.69) is 20.1 Å². The third-order valence-electron chi connectivity index (χ3n) is 8.05. The lowest BCUT2D eigenvalue weighted by atomic mass is 9.70. The average Bonchev–Trinajstić information content (AvgIpc) is 3.49. The lowest BCUT2D eigenvalue weighted by molar-refractivity contribution is -0.157. The molecule has 2 bridgehead atoms. The van der Waals surface area contributed by atoms with Gasteiger partial charge in [-0.15, -0.1) is 13.2 Å². The molecule has 3 heterocycles. The number of hydrogen-bond donors (Lipinski definition) is 1. The molecule has 0 aromatic rings. The average molecular weight is 505 g/mol. The number of aliphatic hydroxyl groups excluding tert-OH is 1. The van der Waals surface area contributed by atoms with E-state index in [4.69, 9.17) is 9.47 Å². The van der Waals surface area contributed by atoms with Crippen LogP contribution in [-0.2, 0) is 23.9 Å². The summed E-state index contributed by atoms with van der Waals surface area (Å²) in [5.74, 6) is -2.53. The largest absolute Gasteiger partial charge is 0.465 e. The van der Waals surface area contributed by atoms with Gasteiger partial charge in [-0.2, -0.15) is 0 Å². The van der Waals surface area contributed by atoms with Gasteiger partial charge in [-0.3, -0.25) is 14.4 Å². The Morgan fingerprint density at radius 1 is 1.28 bits per heavy atom. The first-order valence-electron chi connectivity index (χ1n) is 13.6. The van der Waals surface area contributed by atoms with Crippen molar-refractivity contribution in [1.29, 1.82) is 0 Å². The molecule has 8 nitrogen and oxygen atoms in total. The second kappa shape index (κ2) is 12.4. The fraction of sp³-hybridized carbons (Fsp3) is 0.750. The van der Waals surface area contributed by atoms with Crippen molar-refractivity contribution < 1.29 is 29.0 Å². The number of fused-ring (bicyclic) bond motifs is 1. The molecule has 8 heteroatoms. The van der Waals surface area contributed by atoms with Crippen LogP contribution < -0.4 is 0 Å². The van der Waals surface area contributed by atoms with Crippen molar-refractivity contribution in [3.05, 3.63) is 25.3 Å². The number of hydrogen-bond acceptors (Lipinski definition) is 6. The van der Waals surface area contributed by atoms with Crippen LogP contribution in [0.4, 0.5) is 0 Å². The normalized spacial score (nSPS) is 29.4. The van der Waals surface area contributed by atoms with Gasteiger partial charge in [0.05, 0.1) is 37.2 Å². The van der Waals surface area contributed by atoms with E-state index >= 15 is 0 Å². The minimum atomic E-state index is -1.09. The number of aliphatic hydroxyl groups is 1. The van der Waals surface area contributed by atoms with Crippen LogP contribution in [0.5, 0.6) is 0 Å². The highest BCUT2D eigenvalue weighted by molar-refractivity contribution is 5.98. The number of likely N-dealkylation sites (tertiary alicyclic amines) is 1. The van der Waals surface area contributed by atoms with E-state index in [1.807, 2.05) is 13.8 Å². The van der Waals surface area contributed by atoms with E-state index in [9.17, 15) is 19.5 Å². The molecule has 202 valence electrons. The van der Waals surface area contributed by atoms with E-state index < -0.39 is 41.6 Å². The fourth-order valence-corrected chi connectivity index (χ4v) is 6.29. The molecule has 36 heavy (non-hydrogen) atoms. The Bertz CT molecular complexity index is 829. The molecule has 3 rings (SSSR count). The summed E-state index contributed by atoms with van der Waals surface area (Å²) in [7, 11) is 0. The first-order valence-corrected chi connectivity index (χ1v) is 13.6. The lowest BCUT2D eigenvalue weighted by Gasteiger charge is -2.40. The van der Waals surface area contributed by atoms with E-state index in [0.717, 1.165) is 25.7 Å². The molecule has 3 aliphatic heterocycles. The van der Waals surface area contributed by atoms with Crippen molar-refractivity contribution in [2.75, 3.05) is 26.3 Å². The molecule has 0 aliphatic carbocycles. The molecule has 0 aromatic heterocycles. The van der Waals surface area contributed by atoms with Crippen molar-refractivity contribution in [2.45, 2.75) is 89.5 Å². The number of unbranched alkanes of at least 4 members (excludes halogenated alkanes) is 3. The maximum absolute atomic E-state index is 14.2. The zero-order chi connectivity index (χ0) is 26.5. The maximum atomic E-state index is 14.2. The van der Waals surface area contributed by atoms with E-state index in [-0.39, 0.29) is 30.9 Å². The van der Waals surface area contributed by atoms with Crippen molar-refractivity contribution >= 4 is 17.8 Å². The molecule has 2 unspecified atom stereocenters. The number of allylic oxidation sites excluding steroid dienone is 1. The number of rotatable bonds is 15. The van der Waals surface area contributed by atoms with Crippen LogP contribution in [0.15, 0.2) is 25.3 Å². The van der Waals surface area contributed by atoms with Crippen LogP contribution in [0, 0.1) is 17.8 Å². The number of nitrogens with zero attached hydrogens (tertiary/aromatic N) is 2. The summed E-state index contributed by atoms with van der Waals surface area (Å²) in [5.41, 5.74) is -1.09. The van der Waals surface area contributed by atoms with Crippen LogP contribution in [0.25, 0.3) is 0 Å². The highest BCUT2D eigenvalue weighted by Gasteiger charge is 2.75. The highest BCUT2D eigenvalue weighted by atomic mass is 16.6. The van der Waals surface area contributed by atoms with Crippen LogP contribution in [0.1, 0.15) is 65.7 Å². The third kappa shape index (κ3) is 5.12. The summed E-state index contributed by atoms with van der Waals surface area (Å²) < 4.78 is 12.0. The maximum Gasteiger partial charge on any atom is 0.312 e. The molecule has 3 saturated heterocycles. The fourth-order valence-electron chi connectivity index (χ4n) is 6.29. The second-order valence-corrected chi connectivity index (χ2v) is 10.7. The van der Waals surface area contributed by atoms with Gasteiger partial charge in [-0.25, -0.2) is 0 Å². The van der Waals surface area contributed by atoms with Crippen LogP contribution in [-0.4, -0.2) is 82.8 Å². The Balaban J connectivity index is 1.97. The van der Waals surface area contributed by atoms with Crippen molar-refractivity contribution in [1.82, 2.24) is 9.80 Å². The van der Waals surface area contributed by atoms with Crippen molar-refractivity contribution in [2.24, 2.45) is 17.8 Å². The Labute approximate surface area is 215 Å². The first-order chi connectivity index (χ1) is 17.3. The van der Waals surface area contributed by atoms with Crippen LogP contribution in [0.3, 0.4) is 0 Å². The van der Waals surface area contributed by atoms with Gasteiger partial charge in [0.15, 0.2) is 0 Å². The Hall–Kier alpha value is -2.19. The summed E-state index contributed by atoms with van der Waals surface area (Å²) >= 11 is 0. The summed E-state index contributed by atoms with van der Waals surface area (Å²) in [6.45, 7) is 14.4. The molecule has 6 atom stereocenters. The van der Waals surface area contributed by atoms with Gasteiger partial charge in [0.25, 0.3) is 0 Å². The van der Waals surface area contributed by atoms with E-state index in [1.165, 1.54) is 0 Å². The van der Waals surface area contributed by atoms with Gasteiger partial charge in [-0.1, -0.05) is 45.8 Å². The van der Waals surface area contributed by atoms with E-state index in [1.54, 1.807) is 22.0 Å². The highest BCUT2D eigenvalue weighted by Crippen LogP contribution is 2.59. The van der Waals surface area contributed by atoms with Gasteiger partial charge in [0, 0.05) is 13.1 Å². The van der Waals surface area contributed by atoms with Gasteiger partial charge in [0.2, 0.25) is 11.8 Å². The smallest absolute Gasteiger partial charge is 0.312 e. The third-order valence-corrected chi connectivity index (χ3v) is 8.05. The van der Waals surface area contributed by atoms with Crippen molar-refractivity contribution in [3.63, 3.8) is 0 Å². The number of carbonyl (C=O) groups is 3. The second-order valence-electron chi connectivity index (χ2n) is 10.7. The van der Waals surface area contributed by atoms with Gasteiger partial charge >= 0.3 is 5.97 Å². The monoisotopic (exact) mass is 504 g/mol. The lowest BCUT2D eigenvalue weighted by Crippen LogP contribution is -2.59. The first kappa shape index (κ1) is 28.4. The minimum absolute atomic E-state index is 0.0843.